The summed E-state index contributed by atoms with van der Waals surface area (Å²) in [5, 5.41) is 4.12. The minimum absolute atomic E-state index is 0.264. The van der Waals surface area contributed by atoms with Crippen LogP contribution in [0.15, 0.2) is 24.3 Å². The van der Waals surface area contributed by atoms with E-state index in [0.717, 1.165) is 25.3 Å². The fraction of sp³-hybridized carbons (Fsp3) is 0.600. The molecule has 0 amide bonds. The van der Waals surface area contributed by atoms with Crippen LogP contribution in [0.3, 0.4) is 0 Å². The number of nitrogens with one attached hydrogen (secondary N) is 1. The molecule has 2 nitrogen and oxygen atoms in total. The SMILES string of the molecule is CC(C)CC(Oc1ccccc1Cl)C1CCNC1. The number of rotatable bonds is 5. The first kappa shape index (κ1) is 13.7. The van der Waals surface area contributed by atoms with Gasteiger partial charge < -0.3 is 10.1 Å². The van der Waals surface area contributed by atoms with Gasteiger partial charge in [0.05, 0.1) is 5.02 Å². The third-order valence-electron chi connectivity index (χ3n) is 3.44. The molecule has 0 radical (unpaired) electrons. The molecular weight excluding hydrogens is 246 g/mol. The summed E-state index contributed by atoms with van der Waals surface area (Å²) < 4.78 is 6.17. The van der Waals surface area contributed by atoms with Crippen molar-refractivity contribution in [2.24, 2.45) is 11.8 Å². The summed E-state index contributed by atoms with van der Waals surface area (Å²) in [5.41, 5.74) is 0. The van der Waals surface area contributed by atoms with Crippen LogP contribution >= 0.6 is 11.6 Å². The van der Waals surface area contributed by atoms with E-state index in [9.17, 15) is 0 Å². The van der Waals surface area contributed by atoms with E-state index in [0.29, 0.717) is 16.9 Å². The Morgan fingerprint density at radius 3 is 2.78 bits per heavy atom. The Bertz CT molecular complexity index is 375. The van der Waals surface area contributed by atoms with E-state index in [4.69, 9.17) is 16.3 Å². The zero-order valence-corrected chi connectivity index (χ0v) is 11.9. The van der Waals surface area contributed by atoms with Crippen LogP contribution in [0.4, 0.5) is 0 Å². The van der Waals surface area contributed by atoms with E-state index in [2.05, 4.69) is 19.2 Å². The molecule has 1 aromatic rings. The lowest BCUT2D eigenvalue weighted by atomic mass is 9.93. The summed E-state index contributed by atoms with van der Waals surface area (Å²) in [5.74, 6) is 2.05. The monoisotopic (exact) mass is 267 g/mol. The van der Waals surface area contributed by atoms with E-state index in [-0.39, 0.29) is 6.10 Å². The first-order chi connectivity index (χ1) is 8.66. The molecule has 1 heterocycles. The van der Waals surface area contributed by atoms with E-state index in [1.54, 1.807) is 0 Å². The smallest absolute Gasteiger partial charge is 0.138 e. The Hall–Kier alpha value is -0.730. The fourth-order valence-corrected chi connectivity index (χ4v) is 2.68. The molecule has 1 aliphatic rings. The molecule has 0 bridgehead atoms. The number of hydrogen-bond donors (Lipinski definition) is 1. The summed E-state index contributed by atoms with van der Waals surface area (Å²) in [6.45, 7) is 6.64. The van der Waals surface area contributed by atoms with Crippen LogP contribution in [-0.4, -0.2) is 19.2 Å². The molecule has 0 saturated carbocycles. The molecule has 2 unspecified atom stereocenters. The second-order valence-corrected chi connectivity index (χ2v) is 5.88. The van der Waals surface area contributed by atoms with Crippen LogP contribution in [0.5, 0.6) is 5.75 Å². The summed E-state index contributed by atoms with van der Waals surface area (Å²) in [6, 6.07) is 7.75. The van der Waals surface area contributed by atoms with E-state index in [1.165, 1.54) is 6.42 Å². The average molecular weight is 268 g/mol. The minimum atomic E-state index is 0.264. The summed E-state index contributed by atoms with van der Waals surface area (Å²) in [4.78, 5) is 0. The van der Waals surface area contributed by atoms with E-state index in [1.807, 2.05) is 24.3 Å². The molecule has 100 valence electrons. The number of para-hydroxylation sites is 1. The maximum Gasteiger partial charge on any atom is 0.138 e. The Labute approximate surface area is 115 Å². The molecule has 1 saturated heterocycles. The lowest BCUT2D eigenvalue weighted by molar-refractivity contribution is 0.119. The molecule has 0 spiro atoms. The van der Waals surface area contributed by atoms with Crippen molar-refractivity contribution in [1.29, 1.82) is 0 Å². The fourth-order valence-electron chi connectivity index (χ4n) is 2.50. The number of hydrogen-bond acceptors (Lipinski definition) is 2. The highest BCUT2D eigenvalue weighted by Crippen LogP contribution is 2.29. The molecule has 3 heteroatoms. The Morgan fingerprint density at radius 2 is 2.17 bits per heavy atom. The van der Waals surface area contributed by atoms with Gasteiger partial charge in [0.25, 0.3) is 0 Å². The summed E-state index contributed by atoms with van der Waals surface area (Å²) in [6.07, 6.45) is 2.54. The predicted octanol–water partition coefficient (Wildman–Crippen LogP) is 3.74. The van der Waals surface area contributed by atoms with Gasteiger partial charge in [-0.05, 0) is 37.4 Å². The van der Waals surface area contributed by atoms with Crippen molar-refractivity contribution in [2.75, 3.05) is 13.1 Å². The third-order valence-corrected chi connectivity index (χ3v) is 3.76. The maximum atomic E-state index is 6.17. The van der Waals surface area contributed by atoms with Gasteiger partial charge in [0.2, 0.25) is 0 Å². The van der Waals surface area contributed by atoms with Crippen molar-refractivity contribution in [2.45, 2.75) is 32.8 Å². The highest BCUT2D eigenvalue weighted by Gasteiger charge is 2.27. The predicted molar refractivity (Wildman–Crippen MR) is 76.3 cm³/mol. The van der Waals surface area contributed by atoms with E-state index < -0.39 is 0 Å². The van der Waals surface area contributed by atoms with Crippen LogP contribution in [0.1, 0.15) is 26.7 Å². The highest BCUT2D eigenvalue weighted by atomic mass is 35.5. The molecular formula is C15H22ClNO. The zero-order valence-electron chi connectivity index (χ0n) is 11.2. The van der Waals surface area contributed by atoms with Gasteiger partial charge in [0.15, 0.2) is 0 Å². The Balaban J connectivity index is 2.06. The van der Waals surface area contributed by atoms with Gasteiger partial charge in [0, 0.05) is 12.5 Å². The van der Waals surface area contributed by atoms with Gasteiger partial charge in [0.1, 0.15) is 11.9 Å². The standard InChI is InChI=1S/C15H22ClNO/c1-11(2)9-15(12-7-8-17-10-12)18-14-6-4-3-5-13(14)16/h3-6,11-12,15,17H,7-10H2,1-2H3. The van der Waals surface area contributed by atoms with Gasteiger partial charge in [-0.3, -0.25) is 0 Å². The lowest BCUT2D eigenvalue weighted by Gasteiger charge is -2.26. The molecule has 1 fully saturated rings. The molecule has 1 N–H and O–H groups in total. The topological polar surface area (TPSA) is 21.3 Å². The molecule has 2 rings (SSSR count). The van der Waals surface area contributed by atoms with Crippen molar-refractivity contribution in [3.63, 3.8) is 0 Å². The Morgan fingerprint density at radius 1 is 1.39 bits per heavy atom. The van der Waals surface area contributed by atoms with Gasteiger partial charge >= 0.3 is 0 Å². The largest absolute Gasteiger partial charge is 0.489 e. The maximum absolute atomic E-state index is 6.17. The van der Waals surface area contributed by atoms with Crippen molar-refractivity contribution in [1.82, 2.24) is 5.32 Å². The number of ether oxygens (including phenoxy) is 1. The van der Waals surface area contributed by atoms with Crippen LogP contribution in [0, 0.1) is 11.8 Å². The first-order valence-corrected chi connectivity index (χ1v) is 7.16. The van der Waals surface area contributed by atoms with Crippen LogP contribution in [0.2, 0.25) is 5.02 Å². The van der Waals surface area contributed by atoms with Gasteiger partial charge in [-0.25, -0.2) is 0 Å². The van der Waals surface area contributed by atoms with Crippen LogP contribution in [0.25, 0.3) is 0 Å². The van der Waals surface area contributed by atoms with Crippen molar-refractivity contribution < 1.29 is 4.74 Å². The first-order valence-electron chi connectivity index (χ1n) is 6.78. The van der Waals surface area contributed by atoms with Gasteiger partial charge in [-0.2, -0.15) is 0 Å². The van der Waals surface area contributed by atoms with E-state index >= 15 is 0 Å². The van der Waals surface area contributed by atoms with Crippen molar-refractivity contribution >= 4 is 11.6 Å². The summed E-state index contributed by atoms with van der Waals surface area (Å²) >= 11 is 6.17. The minimum Gasteiger partial charge on any atom is -0.489 e. The molecule has 1 aromatic carbocycles. The second kappa shape index (κ2) is 6.44. The quantitative estimate of drug-likeness (QED) is 0.877. The molecule has 2 atom stereocenters. The van der Waals surface area contributed by atoms with Crippen molar-refractivity contribution in [3.05, 3.63) is 29.3 Å². The average Bonchev–Trinajstić information content (AvgIpc) is 2.84. The second-order valence-electron chi connectivity index (χ2n) is 5.47. The molecule has 0 aliphatic carbocycles. The number of benzene rings is 1. The van der Waals surface area contributed by atoms with Crippen LogP contribution < -0.4 is 10.1 Å². The third kappa shape index (κ3) is 3.63. The van der Waals surface area contributed by atoms with Crippen LogP contribution in [-0.2, 0) is 0 Å². The number of halogens is 1. The normalized spacial score (nSPS) is 21.2. The van der Waals surface area contributed by atoms with Gasteiger partial charge in [-0.1, -0.05) is 37.6 Å². The van der Waals surface area contributed by atoms with Gasteiger partial charge in [-0.15, -0.1) is 0 Å². The summed E-state index contributed by atoms with van der Waals surface area (Å²) in [7, 11) is 0. The molecule has 1 aliphatic heterocycles. The lowest BCUT2D eigenvalue weighted by Crippen LogP contribution is -2.30. The Kier molecular flexibility index (Phi) is 4.90. The van der Waals surface area contributed by atoms with Crippen molar-refractivity contribution in [3.8, 4) is 5.75 Å². The molecule has 18 heavy (non-hydrogen) atoms. The zero-order chi connectivity index (χ0) is 13.0. The highest BCUT2D eigenvalue weighted by molar-refractivity contribution is 6.32. The molecule has 0 aromatic heterocycles.